The molecule has 0 spiro atoms. The minimum Gasteiger partial charge on any atom is -0.396 e. The maximum absolute atomic E-state index is 9.15. The Balaban J connectivity index is 3.99. The van der Waals surface area contributed by atoms with Crippen molar-refractivity contribution in [2.45, 2.75) is 40.0 Å². The van der Waals surface area contributed by atoms with E-state index >= 15 is 0 Å². The lowest BCUT2D eigenvalue weighted by Gasteiger charge is -2.29. The van der Waals surface area contributed by atoms with Crippen LogP contribution in [0, 0.1) is 11.3 Å². The molecule has 3 N–H and O–H groups in total. The number of hydrogen-bond donors (Lipinski definition) is 2. The van der Waals surface area contributed by atoms with Gasteiger partial charge in [-0.25, -0.2) is 0 Å². The Kier molecular flexibility index (Phi) is 5.51. The van der Waals surface area contributed by atoms with E-state index in [0.29, 0.717) is 12.5 Å². The number of aliphatic hydroxyl groups is 1. The van der Waals surface area contributed by atoms with Crippen LogP contribution in [0.1, 0.15) is 40.0 Å². The molecular formula is C10H23NO. The van der Waals surface area contributed by atoms with Gasteiger partial charge in [-0.1, -0.05) is 33.6 Å². The zero-order chi connectivity index (χ0) is 9.61. The van der Waals surface area contributed by atoms with Gasteiger partial charge in [0, 0.05) is 12.0 Å². The highest BCUT2D eigenvalue weighted by atomic mass is 16.3. The van der Waals surface area contributed by atoms with Gasteiger partial charge in [-0.15, -0.1) is 0 Å². The fraction of sp³-hybridized carbons (Fsp3) is 1.00. The largest absolute Gasteiger partial charge is 0.396 e. The number of aliphatic hydroxyl groups excluding tert-OH is 1. The molecule has 12 heavy (non-hydrogen) atoms. The third-order valence-corrected chi connectivity index (χ3v) is 2.81. The zero-order valence-electron chi connectivity index (χ0n) is 8.64. The van der Waals surface area contributed by atoms with Crippen LogP contribution in [-0.2, 0) is 0 Å². The molecule has 0 aliphatic heterocycles. The van der Waals surface area contributed by atoms with Gasteiger partial charge in [-0.05, 0) is 18.9 Å². The second-order valence-electron chi connectivity index (χ2n) is 4.06. The van der Waals surface area contributed by atoms with Gasteiger partial charge >= 0.3 is 0 Å². The molecular weight excluding hydrogens is 150 g/mol. The summed E-state index contributed by atoms with van der Waals surface area (Å²) in [6.07, 6.45) is 3.42. The lowest BCUT2D eigenvalue weighted by molar-refractivity contribution is 0.118. The van der Waals surface area contributed by atoms with E-state index in [0.717, 1.165) is 6.42 Å². The zero-order valence-corrected chi connectivity index (χ0v) is 8.64. The van der Waals surface area contributed by atoms with E-state index in [1.54, 1.807) is 0 Å². The third kappa shape index (κ3) is 3.55. The minimum atomic E-state index is -0.0588. The van der Waals surface area contributed by atoms with E-state index in [-0.39, 0.29) is 12.0 Å². The number of nitrogens with two attached hydrogens (primary N) is 1. The summed E-state index contributed by atoms with van der Waals surface area (Å²) in [4.78, 5) is 0. The first-order valence-electron chi connectivity index (χ1n) is 4.92. The molecule has 0 amide bonds. The molecule has 0 bridgehead atoms. The number of rotatable bonds is 6. The van der Waals surface area contributed by atoms with Crippen LogP contribution >= 0.6 is 0 Å². The average molecular weight is 173 g/mol. The Bertz CT molecular complexity index is 106. The average Bonchev–Trinajstić information content (AvgIpc) is 2.14. The molecule has 0 aromatic carbocycles. The molecule has 1 atom stereocenters. The van der Waals surface area contributed by atoms with Crippen LogP contribution in [0.3, 0.4) is 0 Å². The third-order valence-electron chi connectivity index (χ3n) is 2.81. The summed E-state index contributed by atoms with van der Waals surface area (Å²) in [6.45, 7) is 7.25. The maximum Gasteiger partial charge on any atom is 0.0496 e. The molecule has 0 radical (unpaired) electrons. The lowest BCUT2D eigenvalue weighted by atomic mass is 9.80. The predicted octanol–water partition coefficient (Wildman–Crippen LogP) is 1.77. The Hall–Kier alpha value is -0.0800. The minimum absolute atomic E-state index is 0.0588. The van der Waals surface area contributed by atoms with Crippen molar-refractivity contribution in [3.8, 4) is 0 Å². The lowest BCUT2D eigenvalue weighted by Crippen LogP contribution is -2.33. The highest BCUT2D eigenvalue weighted by Gasteiger charge is 2.24. The Morgan fingerprint density at radius 1 is 1.33 bits per heavy atom. The van der Waals surface area contributed by atoms with Crippen LogP contribution < -0.4 is 5.73 Å². The van der Waals surface area contributed by atoms with Gasteiger partial charge in [0.1, 0.15) is 0 Å². The molecule has 0 heterocycles. The van der Waals surface area contributed by atoms with E-state index in [1.165, 1.54) is 12.8 Å². The highest BCUT2D eigenvalue weighted by molar-refractivity contribution is 4.77. The molecule has 0 saturated heterocycles. The molecule has 0 aromatic heterocycles. The SMILES string of the molecule is CCC(CC)CC(C)(CN)CO. The Morgan fingerprint density at radius 3 is 2.08 bits per heavy atom. The molecule has 74 valence electrons. The van der Waals surface area contributed by atoms with Crippen molar-refractivity contribution in [1.29, 1.82) is 0 Å². The van der Waals surface area contributed by atoms with Gasteiger partial charge in [0.15, 0.2) is 0 Å². The van der Waals surface area contributed by atoms with Gasteiger partial charge in [-0.2, -0.15) is 0 Å². The summed E-state index contributed by atoms with van der Waals surface area (Å²) in [7, 11) is 0. The maximum atomic E-state index is 9.15. The molecule has 2 nitrogen and oxygen atoms in total. The fourth-order valence-electron chi connectivity index (χ4n) is 1.49. The summed E-state index contributed by atoms with van der Waals surface area (Å²) in [5.74, 6) is 0.714. The molecule has 0 fully saturated rings. The monoisotopic (exact) mass is 173 g/mol. The van der Waals surface area contributed by atoms with Gasteiger partial charge in [-0.3, -0.25) is 0 Å². The van der Waals surface area contributed by atoms with Crippen molar-refractivity contribution in [3.63, 3.8) is 0 Å². The number of hydrogen-bond acceptors (Lipinski definition) is 2. The first kappa shape index (κ1) is 11.9. The van der Waals surface area contributed by atoms with Crippen molar-refractivity contribution in [3.05, 3.63) is 0 Å². The highest BCUT2D eigenvalue weighted by Crippen LogP contribution is 2.27. The quantitative estimate of drug-likeness (QED) is 0.643. The summed E-state index contributed by atoms with van der Waals surface area (Å²) in [6, 6.07) is 0. The van der Waals surface area contributed by atoms with Crippen LogP contribution in [0.25, 0.3) is 0 Å². The van der Waals surface area contributed by atoms with Crippen molar-refractivity contribution >= 4 is 0 Å². The van der Waals surface area contributed by atoms with Crippen LogP contribution in [0.15, 0.2) is 0 Å². The van der Waals surface area contributed by atoms with Crippen LogP contribution in [-0.4, -0.2) is 18.3 Å². The van der Waals surface area contributed by atoms with E-state index in [9.17, 15) is 0 Å². The second kappa shape index (κ2) is 5.55. The summed E-state index contributed by atoms with van der Waals surface area (Å²) in [5.41, 5.74) is 5.56. The molecule has 0 saturated carbocycles. The molecule has 0 aromatic rings. The second-order valence-corrected chi connectivity index (χ2v) is 4.06. The molecule has 2 heteroatoms. The van der Waals surface area contributed by atoms with E-state index in [4.69, 9.17) is 10.8 Å². The first-order valence-corrected chi connectivity index (χ1v) is 4.92. The van der Waals surface area contributed by atoms with Gasteiger partial charge < -0.3 is 10.8 Å². The van der Waals surface area contributed by atoms with E-state index in [1.807, 2.05) is 0 Å². The van der Waals surface area contributed by atoms with Crippen molar-refractivity contribution in [1.82, 2.24) is 0 Å². The molecule has 0 aliphatic carbocycles. The van der Waals surface area contributed by atoms with Gasteiger partial charge in [0.25, 0.3) is 0 Å². The summed E-state index contributed by atoms with van der Waals surface area (Å²) < 4.78 is 0. The predicted molar refractivity (Wildman–Crippen MR) is 52.9 cm³/mol. The van der Waals surface area contributed by atoms with Crippen molar-refractivity contribution in [2.24, 2.45) is 17.1 Å². The molecule has 1 unspecified atom stereocenters. The molecule has 0 rings (SSSR count). The summed E-state index contributed by atoms with van der Waals surface area (Å²) >= 11 is 0. The smallest absolute Gasteiger partial charge is 0.0496 e. The fourth-order valence-corrected chi connectivity index (χ4v) is 1.49. The topological polar surface area (TPSA) is 46.2 Å². The Labute approximate surface area is 76.2 Å². The molecule has 0 aliphatic rings. The van der Waals surface area contributed by atoms with Crippen molar-refractivity contribution < 1.29 is 5.11 Å². The van der Waals surface area contributed by atoms with E-state index < -0.39 is 0 Å². The van der Waals surface area contributed by atoms with Crippen molar-refractivity contribution in [2.75, 3.05) is 13.2 Å². The summed E-state index contributed by atoms with van der Waals surface area (Å²) in [5, 5.41) is 9.15. The first-order chi connectivity index (χ1) is 5.61. The van der Waals surface area contributed by atoms with E-state index in [2.05, 4.69) is 20.8 Å². The van der Waals surface area contributed by atoms with Crippen LogP contribution in [0.4, 0.5) is 0 Å². The normalized spacial score (nSPS) is 16.5. The van der Waals surface area contributed by atoms with Gasteiger partial charge in [0.2, 0.25) is 0 Å². The Morgan fingerprint density at radius 2 is 1.83 bits per heavy atom. The van der Waals surface area contributed by atoms with Gasteiger partial charge in [0.05, 0.1) is 0 Å². The van der Waals surface area contributed by atoms with Crippen LogP contribution in [0.2, 0.25) is 0 Å². The van der Waals surface area contributed by atoms with Crippen LogP contribution in [0.5, 0.6) is 0 Å². The standard InChI is InChI=1S/C10H23NO/c1-4-9(5-2)6-10(3,7-11)8-12/h9,12H,4-8,11H2,1-3H3.